The molecular weight excluding hydrogens is 240 g/mol. The van der Waals surface area contributed by atoms with Crippen LogP contribution in [0.3, 0.4) is 0 Å². The third-order valence-corrected chi connectivity index (χ3v) is 5.72. The minimum atomic E-state index is 0.435. The lowest BCUT2D eigenvalue weighted by Crippen LogP contribution is -2.42. The van der Waals surface area contributed by atoms with E-state index in [0.29, 0.717) is 6.04 Å². The van der Waals surface area contributed by atoms with Gasteiger partial charge < -0.3 is 5.73 Å². The van der Waals surface area contributed by atoms with E-state index in [1.165, 1.54) is 29.3 Å². The van der Waals surface area contributed by atoms with Gasteiger partial charge in [-0.2, -0.15) is 0 Å². The van der Waals surface area contributed by atoms with Gasteiger partial charge in [-0.1, -0.05) is 20.8 Å². The first kappa shape index (κ1) is 14.0. The van der Waals surface area contributed by atoms with Crippen molar-refractivity contribution in [2.45, 2.75) is 39.7 Å². The second-order valence-corrected chi connectivity index (χ2v) is 6.85. The van der Waals surface area contributed by atoms with Gasteiger partial charge >= 0.3 is 0 Å². The van der Waals surface area contributed by atoms with Gasteiger partial charge in [0, 0.05) is 22.8 Å². The van der Waals surface area contributed by atoms with Crippen LogP contribution in [0.2, 0.25) is 0 Å². The Labute approximate surface area is 115 Å². The first-order valence-corrected chi connectivity index (χ1v) is 8.00. The van der Waals surface area contributed by atoms with Crippen LogP contribution in [0.15, 0.2) is 12.1 Å². The highest BCUT2D eigenvalue weighted by atomic mass is 32.1. The number of nitrogens with zero attached hydrogens (tertiary/aromatic N) is 1. The molecule has 2 rings (SSSR count). The normalized spacial score (nSPS) is 27.3. The Hall–Kier alpha value is -0.380. The zero-order valence-corrected chi connectivity index (χ0v) is 12.7. The van der Waals surface area contributed by atoms with E-state index in [4.69, 9.17) is 5.73 Å². The molecule has 3 heteroatoms. The number of rotatable bonds is 4. The fourth-order valence-electron chi connectivity index (χ4n) is 2.79. The van der Waals surface area contributed by atoms with Crippen LogP contribution >= 0.6 is 11.3 Å². The summed E-state index contributed by atoms with van der Waals surface area (Å²) in [7, 11) is 0. The number of aryl methyl sites for hydroxylation is 1. The number of hydrogen-bond acceptors (Lipinski definition) is 3. The molecule has 1 aliphatic heterocycles. The Balaban J connectivity index is 2.08. The molecule has 3 atom stereocenters. The predicted molar refractivity (Wildman–Crippen MR) is 80.0 cm³/mol. The molecule has 1 aromatic rings. The third-order valence-electron chi connectivity index (χ3n) is 4.39. The summed E-state index contributed by atoms with van der Waals surface area (Å²) in [6, 6.07) is 4.98. The van der Waals surface area contributed by atoms with Gasteiger partial charge in [-0.25, -0.2) is 0 Å². The van der Waals surface area contributed by atoms with E-state index in [1.807, 2.05) is 11.3 Å². The molecule has 1 fully saturated rings. The van der Waals surface area contributed by atoms with Gasteiger partial charge in [-0.3, -0.25) is 4.90 Å². The van der Waals surface area contributed by atoms with Gasteiger partial charge in [-0.15, -0.1) is 11.3 Å². The lowest BCUT2D eigenvalue weighted by molar-refractivity contribution is 0.0998. The Morgan fingerprint density at radius 1 is 1.39 bits per heavy atom. The molecule has 2 heterocycles. The van der Waals surface area contributed by atoms with Crippen LogP contribution in [0.5, 0.6) is 0 Å². The van der Waals surface area contributed by atoms with E-state index in [2.05, 4.69) is 37.8 Å². The summed E-state index contributed by atoms with van der Waals surface area (Å²) < 4.78 is 0. The zero-order chi connectivity index (χ0) is 13.1. The van der Waals surface area contributed by atoms with Crippen molar-refractivity contribution in [1.82, 2.24) is 4.90 Å². The molecule has 2 nitrogen and oxygen atoms in total. The summed E-state index contributed by atoms with van der Waals surface area (Å²) in [4.78, 5) is 5.52. The average molecular weight is 266 g/mol. The largest absolute Gasteiger partial charge is 0.329 e. The Bertz CT molecular complexity index is 374. The maximum absolute atomic E-state index is 6.03. The van der Waals surface area contributed by atoms with E-state index in [-0.39, 0.29) is 0 Å². The molecule has 1 aliphatic rings. The van der Waals surface area contributed by atoms with Crippen LogP contribution in [-0.2, 0) is 6.42 Å². The van der Waals surface area contributed by atoms with Crippen LogP contribution in [0.4, 0.5) is 0 Å². The lowest BCUT2D eigenvalue weighted by Gasteiger charge is -2.39. The highest BCUT2D eigenvalue weighted by Crippen LogP contribution is 2.32. The van der Waals surface area contributed by atoms with Crippen molar-refractivity contribution >= 4 is 11.3 Å². The molecule has 102 valence electrons. The third kappa shape index (κ3) is 2.95. The molecule has 0 spiro atoms. The van der Waals surface area contributed by atoms with Crippen LogP contribution in [0.1, 0.15) is 43.0 Å². The van der Waals surface area contributed by atoms with Crippen LogP contribution in [0, 0.1) is 11.8 Å². The quantitative estimate of drug-likeness (QED) is 0.906. The van der Waals surface area contributed by atoms with E-state index >= 15 is 0 Å². The Morgan fingerprint density at radius 2 is 2.17 bits per heavy atom. The molecule has 0 saturated carbocycles. The molecule has 1 aromatic heterocycles. The molecule has 0 aromatic carbocycles. The molecular formula is C15H26N2S. The van der Waals surface area contributed by atoms with Crippen molar-refractivity contribution in [1.29, 1.82) is 0 Å². The van der Waals surface area contributed by atoms with E-state index in [9.17, 15) is 0 Å². The van der Waals surface area contributed by atoms with E-state index in [0.717, 1.165) is 24.8 Å². The predicted octanol–water partition coefficient (Wildman–Crippen LogP) is 3.29. The molecule has 3 unspecified atom stereocenters. The Kier molecular flexibility index (Phi) is 4.82. The number of piperidine rings is 1. The highest BCUT2D eigenvalue weighted by Gasteiger charge is 2.28. The first-order chi connectivity index (χ1) is 8.65. The maximum atomic E-state index is 6.03. The van der Waals surface area contributed by atoms with Crippen molar-refractivity contribution in [3.63, 3.8) is 0 Å². The zero-order valence-electron chi connectivity index (χ0n) is 11.9. The van der Waals surface area contributed by atoms with Crippen molar-refractivity contribution in [3.8, 4) is 0 Å². The summed E-state index contributed by atoms with van der Waals surface area (Å²) in [5, 5.41) is 0. The second-order valence-electron chi connectivity index (χ2n) is 5.65. The van der Waals surface area contributed by atoms with Crippen molar-refractivity contribution in [3.05, 3.63) is 21.9 Å². The second kappa shape index (κ2) is 6.18. The summed E-state index contributed by atoms with van der Waals surface area (Å²) >= 11 is 1.94. The molecule has 1 saturated heterocycles. The van der Waals surface area contributed by atoms with Crippen molar-refractivity contribution in [2.24, 2.45) is 17.6 Å². The molecule has 0 radical (unpaired) electrons. The summed E-state index contributed by atoms with van der Waals surface area (Å²) in [6.07, 6.45) is 2.44. The lowest BCUT2D eigenvalue weighted by atomic mass is 9.88. The number of likely N-dealkylation sites (tertiary alicyclic amines) is 1. The van der Waals surface area contributed by atoms with Gasteiger partial charge in [0.25, 0.3) is 0 Å². The summed E-state index contributed by atoms with van der Waals surface area (Å²) in [5.41, 5.74) is 6.03. The molecule has 18 heavy (non-hydrogen) atoms. The fraction of sp³-hybridized carbons (Fsp3) is 0.733. The minimum Gasteiger partial charge on any atom is -0.329 e. The summed E-state index contributed by atoms with van der Waals surface area (Å²) in [6.45, 7) is 10.1. The standard InChI is InChI=1S/C15H26N2S/c1-4-13-5-6-15(18-13)14(9-16)17-8-7-11(2)12(3)10-17/h5-6,11-12,14H,4,7-10,16H2,1-3H3. The van der Waals surface area contributed by atoms with Crippen molar-refractivity contribution in [2.75, 3.05) is 19.6 Å². The van der Waals surface area contributed by atoms with Crippen LogP contribution in [-0.4, -0.2) is 24.5 Å². The van der Waals surface area contributed by atoms with Gasteiger partial charge in [-0.05, 0) is 43.4 Å². The average Bonchev–Trinajstić information content (AvgIpc) is 2.83. The van der Waals surface area contributed by atoms with E-state index < -0.39 is 0 Å². The van der Waals surface area contributed by atoms with E-state index in [1.54, 1.807) is 0 Å². The number of nitrogens with two attached hydrogens (primary N) is 1. The maximum Gasteiger partial charge on any atom is 0.0564 e. The molecule has 0 aliphatic carbocycles. The first-order valence-electron chi connectivity index (χ1n) is 7.18. The number of thiophene rings is 1. The molecule has 2 N–H and O–H groups in total. The van der Waals surface area contributed by atoms with Gasteiger partial charge in [0.2, 0.25) is 0 Å². The van der Waals surface area contributed by atoms with Gasteiger partial charge in [0.1, 0.15) is 0 Å². The monoisotopic (exact) mass is 266 g/mol. The molecule has 0 amide bonds. The highest BCUT2D eigenvalue weighted by molar-refractivity contribution is 7.12. The molecule has 0 bridgehead atoms. The fourth-order valence-corrected chi connectivity index (χ4v) is 3.89. The SMILES string of the molecule is CCc1ccc(C(CN)N2CCC(C)C(C)C2)s1. The van der Waals surface area contributed by atoms with Gasteiger partial charge in [0.05, 0.1) is 6.04 Å². The van der Waals surface area contributed by atoms with Crippen molar-refractivity contribution < 1.29 is 0 Å². The van der Waals surface area contributed by atoms with Gasteiger partial charge in [0.15, 0.2) is 0 Å². The summed E-state index contributed by atoms with van der Waals surface area (Å²) in [5.74, 6) is 1.65. The smallest absolute Gasteiger partial charge is 0.0564 e. The Morgan fingerprint density at radius 3 is 2.72 bits per heavy atom. The van der Waals surface area contributed by atoms with Crippen LogP contribution < -0.4 is 5.73 Å². The minimum absolute atomic E-state index is 0.435. The number of hydrogen-bond donors (Lipinski definition) is 1. The topological polar surface area (TPSA) is 29.3 Å². The van der Waals surface area contributed by atoms with Crippen LogP contribution in [0.25, 0.3) is 0 Å².